The highest BCUT2D eigenvalue weighted by atomic mass is 35.7. The zero-order chi connectivity index (χ0) is 20.1. The van der Waals surface area contributed by atoms with Crippen molar-refractivity contribution in [1.29, 1.82) is 0 Å². The van der Waals surface area contributed by atoms with Crippen LogP contribution in [0.5, 0.6) is 5.75 Å². The van der Waals surface area contributed by atoms with Gasteiger partial charge < -0.3 is 18.9 Å². The van der Waals surface area contributed by atoms with Gasteiger partial charge in [-0.25, -0.2) is 9.36 Å². The molecule has 2 atom stereocenters. The van der Waals surface area contributed by atoms with Gasteiger partial charge in [-0.3, -0.25) is 4.90 Å². The van der Waals surface area contributed by atoms with Crippen LogP contribution in [0.2, 0.25) is 0 Å². The Morgan fingerprint density at radius 3 is 2.22 bits per heavy atom. The summed E-state index contributed by atoms with van der Waals surface area (Å²) in [5, 5.41) is 0. The molecule has 0 fully saturated rings. The molecule has 0 saturated carbocycles. The summed E-state index contributed by atoms with van der Waals surface area (Å²) in [5.41, 5.74) is -0.600. The van der Waals surface area contributed by atoms with Crippen LogP contribution in [0.1, 0.15) is 11.1 Å². The molecule has 2 aromatic rings. The fourth-order valence-corrected chi connectivity index (χ4v) is 3.09. The van der Waals surface area contributed by atoms with E-state index in [1.165, 1.54) is 12.0 Å². The first-order valence-corrected chi connectivity index (χ1v) is 10.4. The summed E-state index contributed by atoms with van der Waals surface area (Å²) in [5.74, 6) is -0.526. The van der Waals surface area contributed by atoms with Crippen molar-refractivity contribution in [2.75, 3.05) is 21.2 Å². The first kappa shape index (κ1) is 21.4. The normalized spacial score (nSPS) is 15.6. The molecule has 0 amide bonds. The number of ether oxygens (including phenoxy) is 2. The lowest BCUT2D eigenvalue weighted by atomic mass is 10.0. The molecule has 0 aliphatic carbocycles. The van der Waals surface area contributed by atoms with Gasteiger partial charge in [0.25, 0.3) is 0 Å². The molecule has 2 unspecified atom stereocenters. The molecule has 0 radical (unpaired) electrons. The van der Waals surface area contributed by atoms with Gasteiger partial charge in [0.1, 0.15) is 5.75 Å². The first-order chi connectivity index (χ1) is 12.7. The van der Waals surface area contributed by atoms with Gasteiger partial charge in [-0.15, -0.1) is 0 Å². The highest BCUT2D eigenvalue weighted by molar-refractivity contribution is 7.80. The number of halogens is 1. The topological polar surface area (TPSA) is 85.3 Å². The SMILES string of the molecule is COc1ccc(C(OCc2ccccc2)(C(=O)OP(=O)(O)Cl)N(C)C)cc1. The smallest absolute Gasteiger partial charge is 0.476 e. The predicted octanol–water partition coefficient (Wildman–Crippen LogP) is 3.51. The van der Waals surface area contributed by atoms with E-state index in [0.29, 0.717) is 11.3 Å². The van der Waals surface area contributed by atoms with Gasteiger partial charge in [-0.2, -0.15) is 0 Å². The third-order valence-corrected chi connectivity index (χ3v) is 4.47. The monoisotopic (exact) mass is 413 g/mol. The quantitative estimate of drug-likeness (QED) is 0.523. The summed E-state index contributed by atoms with van der Waals surface area (Å²) in [6, 6.07) is 15.7. The van der Waals surface area contributed by atoms with Gasteiger partial charge in [0.15, 0.2) is 0 Å². The molecule has 0 heterocycles. The van der Waals surface area contributed by atoms with Crippen LogP contribution in [-0.4, -0.2) is 37.0 Å². The molecule has 7 nitrogen and oxygen atoms in total. The molecule has 1 N–H and O–H groups in total. The Bertz CT molecular complexity index is 808. The predicted molar refractivity (Wildman–Crippen MR) is 101 cm³/mol. The maximum absolute atomic E-state index is 12.9. The highest BCUT2D eigenvalue weighted by Crippen LogP contribution is 2.50. The molecule has 2 rings (SSSR count). The third kappa shape index (κ3) is 5.31. The maximum atomic E-state index is 12.9. The van der Waals surface area contributed by atoms with Crippen LogP contribution in [0.4, 0.5) is 0 Å². The highest BCUT2D eigenvalue weighted by Gasteiger charge is 2.48. The van der Waals surface area contributed by atoms with Gasteiger partial charge in [-0.1, -0.05) is 42.5 Å². The van der Waals surface area contributed by atoms with E-state index in [1.807, 2.05) is 30.3 Å². The van der Waals surface area contributed by atoms with Crippen molar-refractivity contribution in [3.8, 4) is 5.75 Å². The third-order valence-electron chi connectivity index (χ3n) is 3.87. The number of hydrogen-bond acceptors (Lipinski definition) is 6. The first-order valence-electron chi connectivity index (χ1n) is 7.95. The molecule has 0 saturated heterocycles. The van der Waals surface area contributed by atoms with Gasteiger partial charge >= 0.3 is 12.9 Å². The standard InChI is InChI=1S/C18H21ClNO6P/c1-20(2)18(17(21)26-27(19,22)23,15-9-11-16(24-3)12-10-15)25-13-14-7-5-4-6-8-14/h4-12H,13H2,1-3H3,(H,22,23). The molecule has 9 heteroatoms. The lowest BCUT2D eigenvalue weighted by molar-refractivity contribution is -0.196. The molecule has 0 bridgehead atoms. The number of carbonyl (C=O) groups excluding carboxylic acids is 1. The van der Waals surface area contributed by atoms with Crippen LogP contribution >= 0.6 is 18.2 Å². The van der Waals surface area contributed by atoms with Crippen molar-refractivity contribution >= 4 is 24.2 Å². The van der Waals surface area contributed by atoms with Crippen LogP contribution in [0.15, 0.2) is 54.6 Å². The molecule has 2 aromatic carbocycles. The van der Waals surface area contributed by atoms with Crippen LogP contribution in [0.3, 0.4) is 0 Å². The van der Waals surface area contributed by atoms with E-state index in [-0.39, 0.29) is 6.61 Å². The summed E-state index contributed by atoms with van der Waals surface area (Å²) >= 11 is 5.27. The summed E-state index contributed by atoms with van der Waals surface area (Å²) in [6.45, 7) is -4.54. The van der Waals surface area contributed by atoms with Gasteiger partial charge in [-0.05, 0) is 31.8 Å². The van der Waals surface area contributed by atoms with Crippen LogP contribution in [0, 0.1) is 0 Å². The molecule has 0 aliphatic heterocycles. The van der Waals surface area contributed by atoms with E-state index >= 15 is 0 Å². The lowest BCUT2D eigenvalue weighted by Crippen LogP contribution is -2.51. The number of likely N-dealkylation sites (N-methyl/N-ethyl adjacent to an activating group) is 1. The van der Waals surface area contributed by atoms with E-state index < -0.39 is 18.6 Å². The molecule has 0 aliphatic rings. The van der Waals surface area contributed by atoms with E-state index in [9.17, 15) is 14.3 Å². The number of benzene rings is 2. The summed E-state index contributed by atoms with van der Waals surface area (Å²) in [6.07, 6.45) is 0. The molecule has 0 spiro atoms. The number of methoxy groups -OCH3 is 1. The second-order valence-electron chi connectivity index (χ2n) is 5.87. The number of rotatable bonds is 8. The van der Waals surface area contributed by atoms with Crippen molar-refractivity contribution in [1.82, 2.24) is 4.90 Å². The zero-order valence-electron chi connectivity index (χ0n) is 15.2. The molecular formula is C18H21ClNO6P. The van der Waals surface area contributed by atoms with Crippen LogP contribution in [-0.2, 0) is 31.0 Å². The lowest BCUT2D eigenvalue weighted by Gasteiger charge is -2.37. The minimum Gasteiger partial charge on any atom is -0.497 e. The Labute approximate surface area is 162 Å². The van der Waals surface area contributed by atoms with Crippen molar-refractivity contribution in [2.24, 2.45) is 0 Å². The van der Waals surface area contributed by atoms with Gasteiger partial charge in [0, 0.05) is 16.8 Å². The largest absolute Gasteiger partial charge is 0.497 e. The number of hydrogen-bond donors (Lipinski definition) is 1. The minimum atomic E-state index is -4.60. The Morgan fingerprint density at radius 2 is 1.74 bits per heavy atom. The number of nitrogens with zero attached hydrogens (tertiary/aromatic N) is 1. The Kier molecular flexibility index (Phi) is 7.03. The summed E-state index contributed by atoms with van der Waals surface area (Å²) in [7, 11) is 4.70. The molecular weight excluding hydrogens is 393 g/mol. The zero-order valence-corrected chi connectivity index (χ0v) is 16.8. The van der Waals surface area contributed by atoms with E-state index in [4.69, 9.17) is 20.7 Å². The van der Waals surface area contributed by atoms with Gasteiger partial charge in [0.05, 0.1) is 13.7 Å². The van der Waals surface area contributed by atoms with Crippen molar-refractivity contribution < 1.29 is 28.3 Å². The fraction of sp³-hybridized carbons (Fsp3) is 0.278. The van der Waals surface area contributed by atoms with Crippen molar-refractivity contribution in [2.45, 2.75) is 12.3 Å². The minimum absolute atomic E-state index is 0.0537. The summed E-state index contributed by atoms with van der Waals surface area (Å²) in [4.78, 5) is 23.6. The molecule has 146 valence electrons. The Morgan fingerprint density at radius 1 is 1.15 bits per heavy atom. The van der Waals surface area contributed by atoms with Crippen LogP contribution < -0.4 is 4.74 Å². The average molecular weight is 414 g/mol. The van der Waals surface area contributed by atoms with E-state index in [1.54, 1.807) is 38.4 Å². The maximum Gasteiger partial charge on any atom is 0.476 e. The Hall–Kier alpha value is -1.89. The molecule has 27 heavy (non-hydrogen) atoms. The second-order valence-corrected chi connectivity index (χ2v) is 8.24. The van der Waals surface area contributed by atoms with Gasteiger partial charge in [0.2, 0.25) is 5.72 Å². The van der Waals surface area contributed by atoms with E-state index in [2.05, 4.69) is 4.52 Å². The average Bonchev–Trinajstić information content (AvgIpc) is 2.62. The van der Waals surface area contributed by atoms with Crippen molar-refractivity contribution in [3.05, 3.63) is 65.7 Å². The number of carbonyl (C=O) groups is 1. The van der Waals surface area contributed by atoms with Crippen molar-refractivity contribution in [3.63, 3.8) is 0 Å². The molecule has 0 aromatic heterocycles. The Balaban J connectivity index is 2.48. The van der Waals surface area contributed by atoms with Crippen LogP contribution in [0.25, 0.3) is 0 Å². The summed E-state index contributed by atoms with van der Waals surface area (Å²) < 4.78 is 27.2. The van der Waals surface area contributed by atoms with E-state index in [0.717, 1.165) is 5.56 Å². The fourth-order valence-electron chi connectivity index (χ4n) is 2.57. The second kappa shape index (κ2) is 8.87.